The second-order valence-electron chi connectivity index (χ2n) is 6.15. The summed E-state index contributed by atoms with van der Waals surface area (Å²) >= 11 is 6.17. The van der Waals surface area contributed by atoms with Crippen LogP contribution in [0.1, 0.15) is 38.2 Å². The molecule has 0 spiro atoms. The molecule has 1 saturated carbocycles. The summed E-state index contributed by atoms with van der Waals surface area (Å²) in [6, 6.07) is 7.63. The van der Waals surface area contributed by atoms with Gasteiger partial charge in [-0.05, 0) is 24.8 Å². The summed E-state index contributed by atoms with van der Waals surface area (Å²) in [4.78, 5) is 12.4. The monoisotopic (exact) mass is 309 g/mol. The van der Waals surface area contributed by atoms with Gasteiger partial charge in [-0.2, -0.15) is 0 Å². The number of hydrogen-bond donors (Lipinski definition) is 1. The summed E-state index contributed by atoms with van der Waals surface area (Å²) in [7, 11) is 1.62. The van der Waals surface area contributed by atoms with E-state index in [2.05, 4.69) is 12.2 Å². The number of ether oxygens (including phenoxy) is 1. The number of rotatable bonds is 5. The van der Waals surface area contributed by atoms with Crippen molar-refractivity contribution in [3.05, 3.63) is 29.8 Å². The van der Waals surface area contributed by atoms with Crippen molar-refractivity contribution < 1.29 is 9.53 Å². The van der Waals surface area contributed by atoms with Gasteiger partial charge in [-0.3, -0.25) is 4.79 Å². The van der Waals surface area contributed by atoms with Gasteiger partial charge in [0.1, 0.15) is 5.75 Å². The van der Waals surface area contributed by atoms with Gasteiger partial charge in [0.15, 0.2) is 0 Å². The molecular weight excluding hydrogens is 286 g/mol. The number of benzene rings is 1. The van der Waals surface area contributed by atoms with Crippen molar-refractivity contribution in [3.8, 4) is 5.75 Å². The van der Waals surface area contributed by atoms with E-state index >= 15 is 0 Å². The molecule has 0 aromatic heterocycles. The largest absolute Gasteiger partial charge is 0.496 e. The molecule has 2 unspecified atom stereocenters. The third-order valence-corrected chi connectivity index (χ3v) is 4.81. The Hall–Kier alpha value is -1.22. The van der Waals surface area contributed by atoms with E-state index in [9.17, 15) is 4.79 Å². The Kier molecular flexibility index (Phi) is 5.51. The van der Waals surface area contributed by atoms with E-state index in [1.807, 2.05) is 24.3 Å². The highest BCUT2D eigenvalue weighted by Crippen LogP contribution is 2.33. The highest BCUT2D eigenvalue weighted by Gasteiger charge is 2.35. The van der Waals surface area contributed by atoms with Gasteiger partial charge in [0.25, 0.3) is 0 Å². The minimum absolute atomic E-state index is 0.0225. The van der Waals surface area contributed by atoms with Crippen molar-refractivity contribution in [2.75, 3.05) is 13.0 Å². The summed E-state index contributed by atoms with van der Waals surface area (Å²) < 4.78 is 5.30. The first-order valence-electron chi connectivity index (χ1n) is 7.57. The topological polar surface area (TPSA) is 38.3 Å². The molecule has 1 aliphatic carbocycles. The fraction of sp³-hybridized carbons (Fsp3) is 0.588. The van der Waals surface area contributed by atoms with Gasteiger partial charge in [-0.1, -0.05) is 38.0 Å². The quantitative estimate of drug-likeness (QED) is 0.845. The lowest BCUT2D eigenvalue weighted by molar-refractivity contribution is -0.122. The highest BCUT2D eigenvalue weighted by atomic mass is 35.5. The standard InChI is InChI=1S/C17H24ClNO2/c1-13-6-5-9-17(11-13,12-18)19-16(20)10-14-7-3-4-8-15(14)21-2/h3-4,7-8,13H,5-6,9-12H2,1-2H3,(H,19,20). The van der Waals surface area contributed by atoms with E-state index in [-0.39, 0.29) is 11.4 Å². The first kappa shape index (κ1) is 16.2. The molecule has 21 heavy (non-hydrogen) atoms. The number of halogens is 1. The van der Waals surface area contributed by atoms with E-state index in [1.54, 1.807) is 7.11 Å². The number of para-hydroxylation sites is 1. The Morgan fingerprint density at radius 1 is 1.48 bits per heavy atom. The molecule has 1 aromatic carbocycles. The Labute approximate surface area is 132 Å². The number of carbonyl (C=O) groups is 1. The molecule has 0 heterocycles. The number of carbonyl (C=O) groups excluding carboxylic acids is 1. The Morgan fingerprint density at radius 3 is 2.90 bits per heavy atom. The zero-order valence-corrected chi connectivity index (χ0v) is 13.6. The molecule has 1 N–H and O–H groups in total. The second kappa shape index (κ2) is 7.17. The number of hydrogen-bond acceptors (Lipinski definition) is 2. The number of nitrogens with one attached hydrogen (secondary N) is 1. The third kappa shape index (κ3) is 4.13. The first-order valence-corrected chi connectivity index (χ1v) is 8.11. The van der Waals surface area contributed by atoms with Crippen molar-refractivity contribution in [3.63, 3.8) is 0 Å². The molecule has 0 bridgehead atoms. The molecule has 3 nitrogen and oxygen atoms in total. The van der Waals surface area contributed by atoms with E-state index < -0.39 is 0 Å². The number of alkyl halides is 1. The molecule has 1 aliphatic rings. The van der Waals surface area contributed by atoms with Gasteiger partial charge in [0.2, 0.25) is 5.91 Å². The summed E-state index contributed by atoms with van der Waals surface area (Å²) in [5.74, 6) is 1.87. The molecule has 1 fully saturated rings. The normalized spacial score (nSPS) is 25.4. The van der Waals surface area contributed by atoms with Gasteiger partial charge < -0.3 is 10.1 Å². The average Bonchev–Trinajstić information content (AvgIpc) is 2.47. The molecule has 0 saturated heterocycles. The van der Waals surface area contributed by atoms with Gasteiger partial charge in [0, 0.05) is 11.4 Å². The van der Waals surface area contributed by atoms with Crippen molar-refractivity contribution in [2.24, 2.45) is 5.92 Å². The lowest BCUT2D eigenvalue weighted by Gasteiger charge is -2.39. The SMILES string of the molecule is COc1ccccc1CC(=O)NC1(CCl)CCCC(C)C1. The maximum atomic E-state index is 12.4. The summed E-state index contributed by atoms with van der Waals surface area (Å²) in [5.41, 5.74) is 0.671. The van der Waals surface area contributed by atoms with Gasteiger partial charge >= 0.3 is 0 Å². The van der Waals surface area contributed by atoms with Crippen LogP contribution in [0.25, 0.3) is 0 Å². The van der Waals surface area contributed by atoms with Crippen LogP contribution in [0.3, 0.4) is 0 Å². The van der Waals surface area contributed by atoms with Crippen LogP contribution in [-0.2, 0) is 11.2 Å². The molecular formula is C17H24ClNO2. The van der Waals surface area contributed by atoms with E-state index in [0.29, 0.717) is 18.2 Å². The van der Waals surface area contributed by atoms with Crippen LogP contribution >= 0.6 is 11.6 Å². The van der Waals surface area contributed by atoms with Crippen LogP contribution in [0.2, 0.25) is 0 Å². The van der Waals surface area contributed by atoms with Crippen molar-refractivity contribution >= 4 is 17.5 Å². The molecule has 4 heteroatoms. The van der Waals surface area contributed by atoms with Crippen LogP contribution < -0.4 is 10.1 Å². The minimum atomic E-state index is -0.238. The van der Waals surface area contributed by atoms with E-state index in [4.69, 9.17) is 16.3 Å². The minimum Gasteiger partial charge on any atom is -0.496 e. The van der Waals surface area contributed by atoms with Crippen molar-refractivity contribution in [1.29, 1.82) is 0 Å². The van der Waals surface area contributed by atoms with Gasteiger partial charge in [-0.25, -0.2) is 0 Å². The average molecular weight is 310 g/mol. The zero-order valence-electron chi connectivity index (χ0n) is 12.8. The Balaban J connectivity index is 2.03. The molecule has 2 rings (SSSR count). The highest BCUT2D eigenvalue weighted by molar-refractivity contribution is 6.18. The first-order chi connectivity index (χ1) is 10.1. The lowest BCUT2D eigenvalue weighted by Crippen LogP contribution is -2.53. The summed E-state index contributed by atoms with van der Waals surface area (Å²) in [6.07, 6.45) is 4.62. The van der Waals surface area contributed by atoms with E-state index in [1.165, 1.54) is 6.42 Å². The van der Waals surface area contributed by atoms with Crippen LogP contribution in [0.5, 0.6) is 5.75 Å². The molecule has 116 valence electrons. The predicted octanol–water partition coefficient (Wildman–Crippen LogP) is 3.54. The Morgan fingerprint density at radius 2 is 2.24 bits per heavy atom. The molecule has 0 radical (unpaired) electrons. The van der Waals surface area contributed by atoms with Crippen LogP contribution in [0.15, 0.2) is 24.3 Å². The smallest absolute Gasteiger partial charge is 0.225 e. The van der Waals surface area contributed by atoms with E-state index in [0.717, 1.165) is 30.6 Å². The fourth-order valence-electron chi connectivity index (χ4n) is 3.29. The van der Waals surface area contributed by atoms with Crippen LogP contribution in [-0.4, -0.2) is 24.4 Å². The third-order valence-electron chi connectivity index (χ3n) is 4.30. The number of methoxy groups -OCH3 is 1. The van der Waals surface area contributed by atoms with Crippen LogP contribution in [0.4, 0.5) is 0 Å². The molecule has 2 atom stereocenters. The fourth-order valence-corrected chi connectivity index (χ4v) is 3.60. The van der Waals surface area contributed by atoms with Gasteiger partial charge in [-0.15, -0.1) is 11.6 Å². The van der Waals surface area contributed by atoms with Crippen LogP contribution in [0, 0.1) is 5.92 Å². The zero-order chi connectivity index (χ0) is 15.3. The molecule has 1 aromatic rings. The Bertz CT molecular complexity index is 491. The van der Waals surface area contributed by atoms with Gasteiger partial charge in [0.05, 0.1) is 19.1 Å². The molecule has 0 aliphatic heterocycles. The maximum Gasteiger partial charge on any atom is 0.225 e. The molecule has 1 amide bonds. The lowest BCUT2D eigenvalue weighted by atomic mass is 9.77. The maximum absolute atomic E-state index is 12.4. The second-order valence-corrected chi connectivity index (χ2v) is 6.42. The summed E-state index contributed by atoms with van der Waals surface area (Å²) in [6.45, 7) is 2.23. The van der Waals surface area contributed by atoms with Crippen molar-refractivity contribution in [1.82, 2.24) is 5.32 Å². The summed E-state index contributed by atoms with van der Waals surface area (Å²) in [5, 5.41) is 3.19. The van der Waals surface area contributed by atoms with Crippen molar-refractivity contribution in [2.45, 2.75) is 44.6 Å². The predicted molar refractivity (Wildman–Crippen MR) is 85.9 cm³/mol. The number of amides is 1.